The van der Waals surface area contributed by atoms with Crippen LogP contribution in [0.1, 0.15) is 0 Å². The van der Waals surface area contributed by atoms with Crippen molar-refractivity contribution < 1.29 is 13.2 Å². The van der Waals surface area contributed by atoms with Crippen LogP contribution in [0, 0.1) is 0 Å². The number of halogens is 3. The van der Waals surface area contributed by atoms with Gasteiger partial charge in [0.05, 0.1) is 27.2 Å². The summed E-state index contributed by atoms with van der Waals surface area (Å²) in [6, 6.07) is 11.2. The van der Waals surface area contributed by atoms with Gasteiger partial charge in [-0.15, -0.1) is 0 Å². The zero-order valence-electron chi connectivity index (χ0n) is 12.5. The molecular formula is C15H13BrCl2N2O3S. The Bertz CT molecular complexity index is 855. The van der Waals surface area contributed by atoms with E-state index in [1.54, 1.807) is 36.4 Å². The SMILES string of the molecule is CN(CC(=O)Nc1c(Cl)cccc1Cl)S(=O)(=O)c1ccccc1Br. The van der Waals surface area contributed by atoms with E-state index in [0.29, 0.717) is 4.47 Å². The number of nitrogens with zero attached hydrogens (tertiary/aromatic N) is 1. The predicted molar refractivity (Wildman–Crippen MR) is 99.0 cm³/mol. The van der Waals surface area contributed by atoms with Crippen molar-refractivity contribution in [2.45, 2.75) is 4.90 Å². The van der Waals surface area contributed by atoms with Gasteiger partial charge in [-0.25, -0.2) is 8.42 Å². The monoisotopic (exact) mass is 450 g/mol. The average molecular weight is 452 g/mol. The van der Waals surface area contributed by atoms with Crippen LogP contribution in [0.25, 0.3) is 0 Å². The molecule has 5 nitrogen and oxygen atoms in total. The lowest BCUT2D eigenvalue weighted by atomic mass is 10.3. The molecule has 9 heteroatoms. The molecular weight excluding hydrogens is 439 g/mol. The Kier molecular flexibility index (Phi) is 6.28. The van der Waals surface area contributed by atoms with E-state index >= 15 is 0 Å². The first-order chi connectivity index (χ1) is 11.2. The third kappa shape index (κ3) is 4.29. The number of benzene rings is 2. The molecule has 0 aliphatic heterocycles. The van der Waals surface area contributed by atoms with Crippen LogP contribution in [-0.2, 0) is 14.8 Å². The molecule has 0 aliphatic rings. The number of anilines is 1. The zero-order chi connectivity index (χ0) is 17.9. The fraction of sp³-hybridized carbons (Fsp3) is 0.133. The van der Waals surface area contributed by atoms with E-state index in [0.717, 1.165) is 4.31 Å². The topological polar surface area (TPSA) is 66.5 Å². The van der Waals surface area contributed by atoms with E-state index < -0.39 is 15.9 Å². The standard InChI is InChI=1S/C15H13BrCl2N2O3S/c1-20(24(22,23)13-8-3-2-5-10(13)16)9-14(21)19-15-11(17)6-4-7-12(15)18/h2-8H,9H2,1H3,(H,19,21). The Hall–Kier alpha value is -1.12. The molecule has 1 amide bonds. The highest BCUT2D eigenvalue weighted by Gasteiger charge is 2.25. The van der Waals surface area contributed by atoms with Crippen LogP contribution in [0.4, 0.5) is 5.69 Å². The smallest absolute Gasteiger partial charge is 0.244 e. The molecule has 0 fully saturated rings. The summed E-state index contributed by atoms with van der Waals surface area (Å²) in [7, 11) is -2.50. The summed E-state index contributed by atoms with van der Waals surface area (Å²) in [5, 5.41) is 3.07. The van der Waals surface area contributed by atoms with Gasteiger partial charge in [0.1, 0.15) is 0 Å². The highest BCUT2D eigenvalue weighted by Crippen LogP contribution is 2.30. The van der Waals surface area contributed by atoms with Crippen LogP contribution in [0.3, 0.4) is 0 Å². The van der Waals surface area contributed by atoms with E-state index in [9.17, 15) is 13.2 Å². The quantitative estimate of drug-likeness (QED) is 0.746. The number of sulfonamides is 1. The summed E-state index contributed by atoms with van der Waals surface area (Å²) >= 11 is 15.2. The molecule has 1 N–H and O–H groups in total. The van der Waals surface area contributed by atoms with Gasteiger partial charge in [0.15, 0.2) is 0 Å². The van der Waals surface area contributed by atoms with Gasteiger partial charge in [-0.05, 0) is 40.2 Å². The van der Waals surface area contributed by atoms with Crippen LogP contribution >= 0.6 is 39.1 Å². The minimum atomic E-state index is -3.82. The van der Waals surface area contributed by atoms with Crippen molar-refractivity contribution in [1.29, 1.82) is 0 Å². The lowest BCUT2D eigenvalue weighted by molar-refractivity contribution is -0.116. The average Bonchev–Trinajstić information content (AvgIpc) is 2.51. The largest absolute Gasteiger partial charge is 0.322 e. The van der Waals surface area contributed by atoms with Crippen molar-refractivity contribution in [3.63, 3.8) is 0 Å². The first kappa shape index (κ1) is 19.2. The highest BCUT2D eigenvalue weighted by molar-refractivity contribution is 9.10. The molecule has 128 valence electrons. The van der Waals surface area contributed by atoms with Crippen molar-refractivity contribution in [1.82, 2.24) is 4.31 Å². The number of amides is 1. The van der Waals surface area contributed by atoms with Crippen LogP contribution < -0.4 is 5.32 Å². The molecule has 0 aromatic heterocycles. The number of nitrogens with one attached hydrogen (secondary N) is 1. The lowest BCUT2D eigenvalue weighted by Crippen LogP contribution is -2.35. The molecule has 0 atom stereocenters. The summed E-state index contributed by atoms with van der Waals surface area (Å²) in [6.45, 7) is -0.384. The molecule has 0 aliphatic carbocycles. The molecule has 0 bridgehead atoms. The third-order valence-corrected chi connectivity index (χ3v) is 6.56. The number of carbonyl (C=O) groups is 1. The summed E-state index contributed by atoms with van der Waals surface area (Å²) in [4.78, 5) is 12.2. The van der Waals surface area contributed by atoms with Gasteiger partial charge in [-0.3, -0.25) is 4.79 Å². The van der Waals surface area contributed by atoms with Crippen molar-refractivity contribution in [3.8, 4) is 0 Å². The normalized spacial score (nSPS) is 11.5. The summed E-state index contributed by atoms with van der Waals surface area (Å²) < 4.78 is 26.5. The minimum absolute atomic E-state index is 0.0797. The highest BCUT2D eigenvalue weighted by atomic mass is 79.9. The van der Waals surface area contributed by atoms with Gasteiger partial charge in [-0.2, -0.15) is 4.31 Å². The first-order valence-electron chi connectivity index (χ1n) is 6.68. The van der Waals surface area contributed by atoms with E-state index in [4.69, 9.17) is 23.2 Å². The fourth-order valence-electron chi connectivity index (χ4n) is 1.91. The number of rotatable bonds is 5. The fourth-order valence-corrected chi connectivity index (χ4v) is 4.48. The number of hydrogen-bond acceptors (Lipinski definition) is 3. The van der Waals surface area contributed by atoms with Crippen molar-refractivity contribution in [3.05, 3.63) is 57.0 Å². The zero-order valence-corrected chi connectivity index (χ0v) is 16.4. The summed E-state index contributed by atoms with van der Waals surface area (Å²) in [5.74, 6) is -0.553. The van der Waals surface area contributed by atoms with Gasteiger partial charge in [0.25, 0.3) is 0 Å². The lowest BCUT2D eigenvalue weighted by Gasteiger charge is -2.18. The molecule has 0 saturated carbocycles. The van der Waals surface area contributed by atoms with Gasteiger partial charge in [0.2, 0.25) is 15.9 Å². The van der Waals surface area contributed by atoms with Crippen molar-refractivity contribution in [2.75, 3.05) is 18.9 Å². The second-order valence-corrected chi connectivity index (χ2v) is 8.52. The molecule has 2 aromatic carbocycles. The Morgan fingerprint density at radius 1 is 1.12 bits per heavy atom. The molecule has 0 heterocycles. The van der Waals surface area contributed by atoms with Crippen LogP contribution in [0.2, 0.25) is 10.0 Å². The number of para-hydroxylation sites is 1. The van der Waals surface area contributed by atoms with E-state index in [2.05, 4.69) is 21.2 Å². The summed E-state index contributed by atoms with van der Waals surface area (Å²) in [5.41, 5.74) is 0.248. The Morgan fingerprint density at radius 3 is 2.29 bits per heavy atom. The third-order valence-electron chi connectivity index (χ3n) is 3.12. The molecule has 2 rings (SSSR count). The number of hydrogen-bond donors (Lipinski definition) is 1. The first-order valence-corrected chi connectivity index (χ1v) is 9.67. The Balaban J connectivity index is 2.16. The summed E-state index contributed by atoms with van der Waals surface area (Å²) in [6.07, 6.45) is 0. The number of likely N-dealkylation sites (N-methyl/N-ethyl adjacent to an activating group) is 1. The molecule has 0 unspecified atom stereocenters. The Labute approximate surface area is 158 Å². The van der Waals surface area contributed by atoms with Crippen LogP contribution in [-0.4, -0.2) is 32.2 Å². The van der Waals surface area contributed by atoms with Gasteiger partial charge >= 0.3 is 0 Å². The predicted octanol–water partition coefficient (Wildman–Crippen LogP) is 4.02. The van der Waals surface area contributed by atoms with E-state index in [1.165, 1.54) is 13.1 Å². The van der Waals surface area contributed by atoms with Gasteiger partial charge in [-0.1, -0.05) is 41.4 Å². The van der Waals surface area contributed by atoms with Crippen molar-refractivity contribution in [2.24, 2.45) is 0 Å². The molecule has 0 spiro atoms. The number of carbonyl (C=O) groups excluding carboxylic acids is 1. The van der Waals surface area contributed by atoms with Gasteiger partial charge in [0, 0.05) is 11.5 Å². The maximum atomic E-state index is 12.5. The Morgan fingerprint density at radius 2 is 1.71 bits per heavy atom. The van der Waals surface area contributed by atoms with E-state index in [-0.39, 0.29) is 27.2 Å². The van der Waals surface area contributed by atoms with Crippen molar-refractivity contribution >= 4 is 60.7 Å². The van der Waals surface area contributed by atoms with Gasteiger partial charge < -0.3 is 5.32 Å². The maximum absolute atomic E-state index is 12.5. The second kappa shape index (κ2) is 7.84. The van der Waals surface area contributed by atoms with E-state index in [1.807, 2.05) is 0 Å². The molecule has 0 saturated heterocycles. The van der Waals surface area contributed by atoms with Crippen LogP contribution in [0.5, 0.6) is 0 Å². The van der Waals surface area contributed by atoms with Crippen LogP contribution in [0.15, 0.2) is 51.8 Å². The molecule has 0 radical (unpaired) electrons. The molecule has 2 aromatic rings. The second-order valence-electron chi connectivity index (χ2n) is 4.84. The molecule has 24 heavy (non-hydrogen) atoms. The maximum Gasteiger partial charge on any atom is 0.244 e. The minimum Gasteiger partial charge on any atom is -0.322 e.